The topological polar surface area (TPSA) is 61.8 Å². The van der Waals surface area contributed by atoms with Gasteiger partial charge in [-0.1, -0.05) is 12.2 Å². The van der Waals surface area contributed by atoms with Crippen molar-refractivity contribution in [3.05, 3.63) is 12.2 Å². The molecule has 8 atom stereocenters. The first kappa shape index (κ1) is 19.8. The molecule has 0 radical (unpaired) electrons. The minimum atomic E-state index is -1.87. The zero-order chi connectivity index (χ0) is 21.0. The summed E-state index contributed by atoms with van der Waals surface area (Å²) < 4.78 is 18.3. The highest BCUT2D eigenvalue weighted by atomic mass is 28.4. The van der Waals surface area contributed by atoms with Gasteiger partial charge in [-0.25, -0.2) is 0 Å². The second-order valence-electron chi connectivity index (χ2n) is 11.5. The van der Waals surface area contributed by atoms with Gasteiger partial charge in [0.25, 0.3) is 0 Å². The lowest BCUT2D eigenvalue weighted by Crippen LogP contribution is -2.56. The number of carbonyl (C=O) groups is 2. The van der Waals surface area contributed by atoms with Crippen LogP contribution in [0.25, 0.3) is 0 Å². The standard InChI is InChI=1S/C23H34O5Si/c1-13-11-22-12-14(13)7-8-15(22)23-10-9-16(28-29(4,5)6)21(2,20(25)27-23)18(23)17(22)19(24)26-3/h14-18H,1,7-12H2,2-6H3/t14-,15?,16-,17?,18?,21?,22+,23-/m1/s1. The Labute approximate surface area is 174 Å². The average Bonchev–Trinajstić information content (AvgIpc) is 3.09. The SMILES string of the molecule is C=C1C[C@]23C[C@H]1CCC2[C@@]12CC[C@@H](O[Si](C)(C)C)C(C)(C(=O)O1)C2C3C(=O)OC. The van der Waals surface area contributed by atoms with E-state index in [0.29, 0.717) is 5.92 Å². The van der Waals surface area contributed by atoms with Gasteiger partial charge in [-0.15, -0.1) is 0 Å². The molecule has 4 unspecified atom stereocenters. The minimum Gasteiger partial charge on any atom is -0.469 e. The highest BCUT2D eigenvalue weighted by molar-refractivity contribution is 6.69. The fourth-order valence-electron chi connectivity index (χ4n) is 8.36. The number of hydrogen-bond acceptors (Lipinski definition) is 5. The molecular weight excluding hydrogens is 384 g/mol. The van der Waals surface area contributed by atoms with Crippen LogP contribution in [0.5, 0.6) is 0 Å². The molecule has 0 aromatic rings. The molecule has 4 aliphatic carbocycles. The molecule has 0 aromatic carbocycles. The Morgan fingerprint density at radius 1 is 1.24 bits per heavy atom. The molecule has 4 bridgehead atoms. The average molecular weight is 419 g/mol. The lowest BCUT2D eigenvalue weighted by Gasteiger charge is -2.47. The highest BCUT2D eigenvalue weighted by Crippen LogP contribution is 2.78. The summed E-state index contributed by atoms with van der Waals surface area (Å²) in [5.41, 5.74) is -0.227. The minimum absolute atomic E-state index is 0.161. The lowest BCUT2D eigenvalue weighted by atomic mass is 9.59. The molecule has 1 saturated heterocycles. The van der Waals surface area contributed by atoms with Crippen LogP contribution in [0.3, 0.4) is 0 Å². The third-order valence-electron chi connectivity index (χ3n) is 9.11. The van der Waals surface area contributed by atoms with Crippen molar-refractivity contribution >= 4 is 20.3 Å². The largest absolute Gasteiger partial charge is 0.469 e. The fraction of sp³-hybridized carbons (Fsp3) is 0.826. The van der Waals surface area contributed by atoms with Crippen LogP contribution in [0.1, 0.15) is 45.4 Å². The molecule has 160 valence electrons. The van der Waals surface area contributed by atoms with E-state index in [4.69, 9.17) is 13.9 Å². The molecule has 0 N–H and O–H groups in total. The molecular formula is C23H34O5Si. The summed E-state index contributed by atoms with van der Waals surface area (Å²) in [5.74, 6) is -0.102. The normalized spacial score (nSPS) is 50.2. The highest BCUT2D eigenvalue weighted by Gasteiger charge is 2.83. The van der Waals surface area contributed by atoms with Crippen LogP contribution >= 0.6 is 0 Å². The first-order chi connectivity index (χ1) is 13.5. The van der Waals surface area contributed by atoms with Gasteiger partial charge < -0.3 is 13.9 Å². The molecule has 29 heavy (non-hydrogen) atoms. The molecule has 4 saturated carbocycles. The van der Waals surface area contributed by atoms with Crippen molar-refractivity contribution in [1.29, 1.82) is 0 Å². The van der Waals surface area contributed by atoms with Gasteiger partial charge in [-0.2, -0.15) is 0 Å². The van der Waals surface area contributed by atoms with Crippen molar-refractivity contribution in [3.8, 4) is 0 Å². The van der Waals surface area contributed by atoms with Crippen molar-refractivity contribution in [1.82, 2.24) is 0 Å². The predicted molar refractivity (Wildman–Crippen MR) is 110 cm³/mol. The number of hydrogen-bond donors (Lipinski definition) is 0. The quantitative estimate of drug-likeness (QED) is 0.393. The van der Waals surface area contributed by atoms with E-state index in [-0.39, 0.29) is 41.2 Å². The summed E-state index contributed by atoms with van der Waals surface area (Å²) in [6, 6.07) is 0. The Hall–Kier alpha value is -1.14. The van der Waals surface area contributed by atoms with Gasteiger partial charge in [0.1, 0.15) is 5.60 Å². The summed E-state index contributed by atoms with van der Waals surface area (Å²) >= 11 is 0. The van der Waals surface area contributed by atoms with Crippen molar-refractivity contribution in [3.63, 3.8) is 0 Å². The van der Waals surface area contributed by atoms with Gasteiger partial charge in [0.05, 0.1) is 24.5 Å². The van der Waals surface area contributed by atoms with E-state index >= 15 is 0 Å². The summed E-state index contributed by atoms with van der Waals surface area (Å²) in [6.07, 6.45) is 5.40. The summed E-state index contributed by atoms with van der Waals surface area (Å²) in [6.45, 7) is 12.9. The molecule has 0 aromatic heterocycles. The van der Waals surface area contributed by atoms with E-state index in [1.807, 2.05) is 6.92 Å². The number of allylic oxidation sites excluding steroid dienone is 1. The smallest absolute Gasteiger partial charge is 0.315 e. The Balaban J connectivity index is 1.68. The van der Waals surface area contributed by atoms with Crippen molar-refractivity contribution < 1.29 is 23.5 Å². The Bertz CT molecular complexity index is 802. The van der Waals surface area contributed by atoms with E-state index in [1.54, 1.807) is 0 Å². The Morgan fingerprint density at radius 3 is 2.62 bits per heavy atom. The molecule has 6 heteroatoms. The van der Waals surface area contributed by atoms with Crippen LogP contribution in [-0.2, 0) is 23.5 Å². The third kappa shape index (κ3) is 2.25. The number of esters is 2. The second-order valence-corrected chi connectivity index (χ2v) is 15.9. The van der Waals surface area contributed by atoms with E-state index < -0.39 is 19.3 Å². The van der Waals surface area contributed by atoms with Crippen molar-refractivity contribution in [2.24, 2.45) is 34.5 Å². The van der Waals surface area contributed by atoms with E-state index in [2.05, 4.69) is 26.2 Å². The molecule has 5 fully saturated rings. The van der Waals surface area contributed by atoms with Crippen LogP contribution in [-0.4, -0.2) is 39.1 Å². The van der Waals surface area contributed by atoms with Crippen LogP contribution in [0, 0.1) is 34.5 Å². The summed E-state index contributed by atoms with van der Waals surface area (Å²) in [5, 5.41) is 0. The number of carbonyl (C=O) groups excluding carboxylic acids is 2. The maximum atomic E-state index is 13.4. The zero-order valence-electron chi connectivity index (χ0n) is 18.4. The van der Waals surface area contributed by atoms with Crippen LogP contribution in [0.4, 0.5) is 0 Å². The molecule has 1 aliphatic heterocycles. The molecule has 1 heterocycles. The van der Waals surface area contributed by atoms with Crippen LogP contribution in [0.2, 0.25) is 19.6 Å². The van der Waals surface area contributed by atoms with Gasteiger partial charge in [-0.3, -0.25) is 9.59 Å². The molecule has 5 rings (SSSR count). The number of rotatable bonds is 3. The summed E-state index contributed by atoms with van der Waals surface area (Å²) in [4.78, 5) is 26.7. The molecule has 5 aliphatic rings. The first-order valence-electron chi connectivity index (χ1n) is 11.2. The Morgan fingerprint density at radius 2 is 1.97 bits per heavy atom. The third-order valence-corrected chi connectivity index (χ3v) is 10.1. The van der Waals surface area contributed by atoms with Gasteiger partial charge >= 0.3 is 11.9 Å². The number of ether oxygens (including phenoxy) is 2. The van der Waals surface area contributed by atoms with Gasteiger partial charge in [0.2, 0.25) is 0 Å². The monoisotopic (exact) mass is 418 g/mol. The zero-order valence-corrected chi connectivity index (χ0v) is 19.4. The van der Waals surface area contributed by atoms with Crippen LogP contribution in [0.15, 0.2) is 12.2 Å². The van der Waals surface area contributed by atoms with E-state index in [1.165, 1.54) is 12.7 Å². The molecule has 5 nitrogen and oxygen atoms in total. The molecule has 1 spiro atoms. The second kappa shape index (κ2) is 5.76. The van der Waals surface area contributed by atoms with Gasteiger partial charge in [0, 0.05) is 11.8 Å². The lowest BCUT2D eigenvalue weighted by molar-refractivity contribution is -0.163. The van der Waals surface area contributed by atoms with Crippen molar-refractivity contribution in [2.75, 3.05) is 7.11 Å². The maximum absolute atomic E-state index is 13.4. The van der Waals surface area contributed by atoms with Crippen molar-refractivity contribution in [2.45, 2.75) is 76.8 Å². The van der Waals surface area contributed by atoms with E-state index in [0.717, 1.165) is 38.5 Å². The van der Waals surface area contributed by atoms with Crippen LogP contribution < -0.4 is 0 Å². The maximum Gasteiger partial charge on any atom is 0.315 e. The predicted octanol–water partition coefficient (Wildman–Crippen LogP) is 4.08. The number of fused-ring (bicyclic) bond motifs is 1. The van der Waals surface area contributed by atoms with Gasteiger partial charge in [0.15, 0.2) is 8.32 Å². The number of methoxy groups -OCH3 is 1. The Kier molecular flexibility index (Phi) is 3.93. The fourth-order valence-corrected chi connectivity index (χ4v) is 9.57. The van der Waals surface area contributed by atoms with Gasteiger partial charge in [-0.05, 0) is 76.4 Å². The summed E-state index contributed by atoms with van der Waals surface area (Å²) in [7, 11) is -0.390. The van der Waals surface area contributed by atoms with E-state index in [9.17, 15) is 9.59 Å². The molecule has 0 amide bonds. The first-order valence-corrected chi connectivity index (χ1v) is 14.6.